The van der Waals surface area contributed by atoms with Gasteiger partial charge in [-0.3, -0.25) is 4.79 Å². The van der Waals surface area contributed by atoms with Gasteiger partial charge in [0.05, 0.1) is 24.7 Å². The number of Topliss-reactive ketones (excluding diaryl/α,β-unsaturated/α-hetero) is 1. The predicted octanol–water partition coefficient (Wildman–Crippen LogP) is 0.883. The van der Waals surface area contributed by atoms with Gasteiger partial charge < -0.3 is 9.47 Å². The lowest BCUT2D eigenvalue weighted by Crippen LogP contribution is -2.34. The van der Waals surface area contributed by atoms with Crippen molar-refractivity contribution in [2.45, 2.75) is 18.1 Å². The molecular formula is C13H17NO5S. The Balaban J connectivity index is 2.13. The third kappa shape index (κ3) is 3.24. The molecular weight excluding hydrogens is 282 g/mol. The zero-order valence-electron chi connectivity index (χ0n) is 11.4. The van der Waals surface area contributed by atoms with E-state index in [0.717, 1.165) is 0 Å². The first-order valence-corrected chi connectivity index (χ1v) is 7.66. The molecule has 1 aromatic carbocycles. The van der Waals surface area contributed by atoms with Crippen molar-refractivity contribution >= 4 is 15.8 Å². The molecule has 110 valence electrons. The van der Waals surface area contributed by atoms with Crippen molar-refractivity contribution in [1.82, 2.24) is 4.31 Å². The van der Waals surface area contributed by atoms with Crippen molar-refractivity contribution in [1.29, 1.82) is 0 Å². The van der Waals surface area contributed by atoms with E-state index in [-0.39, 0.29) is 17.2 Å². The second kappa shape index (κ2) is 6.01. The van der Waals surface area contributed by atoms with Crippen LogP contribution in [0.3, 0.4) is 0 Å². The monoisotopic (exact) mass is 299 g/mol. The molecule has 1 saturated heterocycles. The first kappa shape index (κ1) is 15.1. The number of ether oxygens (including phenoxy) is 2. The Bertz CT molecular complexity index is 575. The molecule has 0 N–H and O–H groups in total. The van der Waals surface area contributed by atoms with Crippen molar-refractivity contribution in [3.8, 4) is 0 Å². The summed E-state index contributed by atoms with van der Waals surface area (Å²) in [6, 6.07) is 5.87. The van der Waals surface area contributed by atoms with Crippen molar-refractivity contribution in [2.75, 3.05) is 26.8 Å². The third-order valence-electron chi connectivity index (χ3n) is 3.07. The zero-order chi connectivity index (χ0) is 14.8. The predicted molar refractivity (Wildman–Crippen MR) is 72.0 cm³/mol. The Hall–Kier alpha value is -1.28. The molecule has 0 spiro atoms. The number of likely N-dealkylation sites (N-methyl/N-ethyl adjacent to an activating group) is 1. The number of ketones is 1. The molecule has 0 radical (unpaired) electrons. The zero-order valence-corrected chi connectivity index (χ0v) is 12.2. The molecule has 0 unspecified atom stereocenters. The van der Waals surface area contributed by atoms with Gasteiger partial charge in [-0.1, -0.05) is 12.1 Å². The van der Waals surface area contributed by atoms with Crippen LogP contribution in [-0.4, -0.2) is 51.6 Å². The molecule has 1 aliphatic rings. The first-order valence-electron chi connectivity index (χ1n) is 6.22. The van der Waals surface area contributed by atoms with Crippen molar-refractivity contribution in [3.63, 3.8) is 0 Å². The fourth-order valence-corrected chi connectivity index (χ4v) is 3.02. The fraction of sp³-hybridized carbons (Fsp3) is 0.462. The number of sulfonamides is 1. The highest BCUT2D eigenvalue weighted by atomic mass is 32.2. The highest BCUT2D eigenvalue weighted by molar-refractivity contribution is 7.89. The van der Waals surface area contributed by atoms with E-state index in [4.69, 9.17) is 9.47 Å². The minimum absolute atomic E-state index is 0.102. The van der Waals surface area contributed by atoms with Crippen molar-refractivity contribution < 1.29 is 22.7 Å². The minimum Gasteiger partial charge on any atom is -0.349 e. The van der Waals surface area contributed by atoms with Gasteiger partial charge in [-0.25, -0.2) is 8.42 Å². The number of benzene rings is 1. The summed E-state index contributed by atoms with van der Waals surface area (Å²) < 4.78 is 36.3. The van der Waals surface area contributed by atoms with E-state index in [2.05, 4.69) is 0 Å². The Morgan fingerprint density at radius 1 is 1.25 bits per heavy atom. The van der Waals surface area contributed by atoms with E-state index in [1.165, 1.54) is 42.5 Å². The van der Waals surface area contributed by atoms with Gasteiger partial charge in [0.25, 0.3) is 0 Å². The van der Waals surface area contributed by atoms with E-state index in [9.17, 15) is 13.2 Å². The number of hydrogen-bond acceptors (Lipinski definition) is 5. The van der Waals surface area contributed by atoms with E-state index >= 15 is 0 Å². The number of carbonyl (C=O) groups is 1. The molecule has 0 atom stereocenters. The van der Waals surface area contributed by atoms with Crippen LogP contribution in [0.1, 0.15) is 17.3 Å². The number of carbonyl (C=O) groups excluding carboxylic acids is 1. The largest absolute Gasteiger partial charge is 0.349 e. The molecule has 0 saturated carbocycles. The molecule has 0 aromatic heterocycles. The second-order valence-corrected chi connectivity index (χ2v) is 6.58. The molecule has 6 nitrogen and oxygen atoms in total. The lowest BCUT2D eigenvalue weighted by molar-refractivity contribution is -0.0482. The van der Waals surface area contributed by atoms with Crippen LogP contribution < -0.4 is 0 Å². The first-order chi connectivity index (χ1) is 9.41. The minimum atomic E-state index is -3.61. The van der Waals surface area contributed by atoms with Crippen LogP contribution >= 0.6 is 0 Å². The number of rotatable bonds is 5. The Kier molecular flexibility index (Phi) is 4.54. The van der Waals surface area contributed by atoms with Crippen molar-refractivity contribution in [2.24, 2.45) is 0 Å². The summed E-state index contributed by atoms with van der Waals surface area (Å²) in [5.41, 5.74) is 0.481. The van der Waals surface area contributed by atoms with Crippen molar-refractivity contribution in [3.05, 3.63) is 29.8 Å². The van der Waals surface area contributed by atoms with Crippen LogP contribution in [-0.2, 0) is 19.5 Å². The maximum atomic E-state index is 12.3. The molecule has 0 amide bonds. The fourth-order valence-electron chi connectivity index (χ4n) is 1.86. The van der Waals surface area contributed by atoms with Crippen LogP contribution in [0.25, 0.3) is 0 Å². The van der Waals surface area contributed by atoms with Gasteiger partial charge in [0.1, 0.15) is 0 Å². The Morgan fingerprint density at radius 2 is 1.80 bits per heavy atom. The summed E-state index contributed by atoms with van der Waals surface area (Å²) in [5.74, 6) is -0.102. The number of hydrogen-bond donors (Lipinski definition) is 0. The SMILES string of the molecule is CC(=O)c1ccc(S(=O)(=O)N(C)CC2OCCO2)cc1. The molecule has 1 heterocycles. The highest BCUT2D eigenvalue weighted by Gasteiger charge is 2.26. The summed E-state index contributed by atoms with van der Waals surface area (Å²) in [7, 11) is -2.14. The topological polar surface area (TPSA) is 72.9 Å². The van der Waals surface area contributed by atoms with Gasteiger partial charge in [0.15, 0.2) is 12.1 Å². The summed E-state index contributed by atoms with van der Waals surface area (Å²) in [6.07, 6.45) is -0.522. The summed E-state index contributed by atoms with van der Waals surface area (Å²) >= 11 is 0. The summed E-state index contributed by atoms with van der Waals surface area (Å²) in [6.45, 7) is 2.53. The average Bonchev–Trinajstić information content (AvgIpc) is 2.91. The third-order valence-corrected chi connectivity index (χ3v) is 4.90. The molecule has 1 fully saturated rings. The van der Waals surface area contributed by atoms with Crippen LogP contribution in [0.2, 0.25) is 0 Å². The van der Waals surface area contributed by atoms with Crippen LogP contribution in [0, 0.1) is 0 Å². The maximum absolute atomic E-state index is 12.3. The molecule has 0 aliphatic carbocycles. The van der Waals surface area contributed by atoms with Crippen LogP contribution in [0.15, 0.2) is 29.2 Å². The van der Waals surface area contributed by atoms with Gasteiger partial charge in [0.2, 0.25) is 10.0 Å². The molecule has 7 heteroatoms. The standard InChI is InChI=1S/C13H17NO5S/c1-10(15)11-3-5-12(6-4-11)20(16,17)14(2)9-13-18-7-8-19-13/h3-6,13H,7-9H2,1-2H3. The normalized spacial score (nSPS) is 16.8. The van der Waals surface area contributed by atoms with E-state index in [1.807, 2.05) is 0 Å². The van der Waals surface area contributed by atoms with Gasteiger partial charge in [-0.05, 0) is 19.1 Å². The van der Waals surface area contributed by atoms with Gasteiger partial charge >= 0.3 is 0 Å². The highest BCUT2D eigenvalue weighted by Crippen LogP contribution is 2.17. The maximum Gasteiger partial charge on any atom is 0.242 e. The van der Waals surface area contributed by atoms with Gasteiger partial charge in [-0.2, -0.15) is 4.31 Å². The van der Waals surface area contributed by atoms with Gasteiger partial charge in [0, 0.05) is 12.6 Å². The smallest absolute Gasteiger partial charge is 0.242 e. The van der Waals surface area contributed by atoms with Gasteiger partial charge in [-0.15, -0.1) is 0 Å². The number of nitrogens with zero attached hydrogens (tertiary/aromatic N) is 1. The molecule has 2 rings (SSSR count). The Labute approximate surface area is 118 Å². The Morgan fingerprint density at radius 3 is 2.30 bits per heavy atom. The van der Waals surface area contributed by atoms with Crippen LogP contribution in [0.4, 0.5) is 0 Å². The quantitative estimate of drug-likeness (QED) is 0.755. The van der Waals surface area contributed by atoms with E-state index in [1.54, 1.807) is 0 Å². The lowest BCUT2D eigenvalue weighted by atomic mass is 10.2. The molecule has 0 bridgehead atoms. The molecule has 20 heavy (non-hydrogen) atoms. The second-order valence-electron chi connectivity index (χ2n) is 4.54. The van der Waals surface area contributed by atoms with E-state index in [0.29, 0.717) is 18.8 Å². The van der Waals surface area contributed by atoms with Crippen LogP contribution in [0.5, 0.6) is 0 Å². The average molecular weight is 299 g/mol. The summed E-state index contributed by atoms with van der Waals surface area (Å²) in [5, 5.41) is 0. The lowest BCUT2D eigenvalue weighted by Gasteiger charge is -2.20. The van der Waals surface area contributed by atoms with E-state index < -0.39 is 16.3 Å². The molecule has 1 aromatic rings. The molecule has 1 aliphatic heterocycles. The summed E-state index contributed by atoms with van der Waals surface area (Å²) in [4.78, 5) is 11.3.